The predicted molar refractivity (Wildman–Crippen MR) is 111 cm³/mol. The van der Waals surface area contributed by atoms with Crippen LogP contribution in [0.5, 0.6) is 0 Å². The molecule has 2 amide bonds. The molecule has 0 radical (unpaired) electrons. The molecule has 2 aromatic rings. The summed E-state index contributed by atoms with van der Waals surface area (Å²) in [7, 11) is 0. The van der Waals surface area contributed by atoms with Gasteiger partial charge in [-0.05, 0) is 31.4 Å². The van der Waals surface area contributed by atoms with Gasteiger partial charge in [-0.2, -0.15) is 5.10 Å². The lowest BCUT2D eigenvalue weighted by atomic mass is 9.93. The molecule has 1 saturated carbocycles. The van der Waals surface area contributed by atoms with E-state index in [1.54, 1.807) is 0 Å². The van der Waals surface area contributed by atoms with Gasteiger partial charge in [-0.25, -0.2) is 8.78 Å². The number of anilines is 1. The van der Waals surface area contributed by atoms with Crippen molar-refractivity contribution in [2.45, 2.75) is 57.9 Å². The fourth-order valence-electron chi connectivity index (χ4n) is 3.70. The maximum absolute atomic E-state index is 13.5. The molecule has 1 aromatic carbocycles. The lowest BCUT2D eigenvalue weighted by Crippen LogP contribution is -2.42. The van der Waals surface area contributed by atoms with Crippen molar-refractivity contribution in [2.75, 3.05) is 11.9 Å². The van der Waals surface area contributed by atoms with Gasteiger partial charge in [0.25, 0.3) is 11.8 Å². The van der Waals surface area contributed by atoms with Gasteiger partial charge < -0.3 is 10.2 Å². The van der Waals surface area contributed by atoms with Crippen LogP contribution in [-0.4, -0.2) is 39.5 Å². The van der Waals surface area contributed by atoms with E-state index in [1.807, 2.05) is 4.90 Å². The number of hydrogen-bond acceptors (Lipinski definition) is 3. The summed E-state index contributed by atoms with van der Waals surface area (Å²) in [5.41, 5.74) is -0.0202. The largest absolute Gasteiger partial charge is 0.334 e. The number of H-pyrrole nitrogens is 1. The highest BCUT2D eigenvalue weighted by atomic mass is 35.5. The summed E-state index contributed by atoms with van der Waals surface area (Å²) >= 11 is 5.84. The number of nitrogens with zero attached hydrogens (tertiary/aromatic N) is 2. The Hall–Kier alpha value is -2.48. The quantitative estimate of drug-likeness (QED) is 0.585. The number of carbonyl (C=O) groups is 2. The summed E-state index contributed by atoms with van der Waals surface area (Å²) in [5, 5.41) is 8.91. The second-order valence-corrected chi connectivity index (χ2v) is 7.92. The number of amides is 2. The number of aromatic amines is 1. The van der Waals surface area contributed by atoms with Gasteiger partial charge in [0.2, 0.25) is 0 Å². The van der Waals surface area contributed by atoms with Gasteiger partial charge in [-0.1, -0.05) is 44.2 Å². The highest BCUT2D eigenvalue weighted by Crippen LogP contribution is 2.25. The number of aromatic nitrogens is 2. The molecular formula is C21H25ClF2N4O2. The Morgan fingerprint density at radius 2 is 1.90 bits per heavy atom. The maximum atomic E-state index is 13.5. The molecule has 1 heterocycles. The summed E-state index contributed by atoms with van der Waals surface area (Å²) in [5.74, 6) is -3.07. The SMILES string of the molecule is CCCCN(C(=O)c1cc(NC(=O)c2cc(F)c(F)cc2Cl)[nH]n1)C1CCCCC1. The summed E-state index contributed by atoms with van der Waals surface area (Å²) < 4.78 is 26.7. The minimum atomic E-state index is -1.18. The van der Waals surface area contributed by atoms with Crippen LogP contribution in [0.4, 0.5) is 14.6 Å². The first kappa shape index (κ1) is 22.2. The Kier molecular flexibility index (Phi) is 7.42. The Labute approximate surface area is 179 Å². The molecule has 162 valence electrons. The van der Waals surface area contributed by atoms with Crippen LogP contribution < -0.4 is 5.32 Å². The lowest BCUT2D eigenvalue weighted by molar-refractivity contribution is 0.0624. The first-order valence-corrected chi connectivity index (χ1v) is 10.6. The lowest BCUT2D eigenvalue weighted by Gasteiger charge is -2.34. The number of rotatable bonds is 7. The third-order valence-electron chi connectivity index (χ3n) is 5.33. The first-order chi connectivity index (χ1) is 14.4. The van der Waals surface area contributed by atoms with E-state index in [2.05, 4.69) is 22.4 Å². The molecule has 2 N–H and O–H groups in total. The van der Waals surface area contributed by atoms with E-state index in [0.29, 0.717) is 6.54 Å². The zero-order valence-corrected chi connectivity index (χ0v) is 17.6. The summed E-state index contributed by atoms with van der Waals surface area (Å²) in [4.78, 5) is 27.3. The number of unbranched alkanes of at least 4 members (excludes halogenated alkanes) is 1. The van der Waals surface area contributed by atoms with Gasteiger partial charge in [0, 0.05) is 18.7 Å². The van der Waals surface area contributed by atoms with Crippen molar-refractivity contribution in [3.05, 3.63) is 46.1 Å². The normalized spacial score (nSPS) is 14.5. The van der Waals surface area contributed by atoms with E-state index in [9.17, 15) is 18.4 Å². The van der Waals surface area contributed by atoms with Gasteiger partial charge >= 0.3 is 0 Å². The van der Waals surface area contributed by atoms with E-state index < -0.39 is 17.5 Å². The molecule has 30 heavy (non-hydrogen) atoms. The summed E-state index contributed by atoms with van der Waals surface area (Å²) in [6, 6.07) is 3.11. The van der Waals surface area contributed by atoms with E-state index in [1.165, 1.54) is 12.5 Å². The molecule has 0 saturated heterocycles. The fraction of sp³-hybridized carbons (Fsp3) is 0.476. The highest BCUT2D eigenvalue weighted by Gasteiger charge is 2.27. The summed E-state index contributed by atoms with van der Waals surface area (Å²) in [6.07, 6.45) is 7.26. The fourth-order valence-corrected chi connectivity index (χ4v) is 3.94. The molecule has 6 nitrogen and oxygen atoms in total. The average Bonchev–Trinajstić information content (AvgIpc) is 3.20. The third-order valence-corrected chi connectivity index (χ3v) is 5.64. The molecule has 9 heteroatoms. The smallest absolute Gasteiger partial charge is 0.274 e. The van der Waals surface area contributed by atoms with Gasteiger partial charge in [-0.15, -0.1) is 0 Å². The number of hydrogen-bond donors (Lipinski definition) is 2. The standard InChI is InChI=1S/C21H25ClF2N4O2/c1-2-3-9-28(13-7-5-4-6-8-13)21(30)18-12-19(27-26-18)25-20(29)14-10-16(23)17(24)11-15(14)22/h10-13H,2-9H2,1H3,(H2,25,26,27,29). The van der Waals surface area contributed by atoms with Crippen molar-refractivity contribution < 1.29 is 18.4 Å². The average molecular weight is 439 g/mol. The molecular weight excluding hydrogens is 414 g/mol. The van der Waals surface area contributed by atoms with Crippen molar-refractivity contribution in [1.82, 2.24) is 15.1 Å². The van der Waals surface area contributed by atoms with Crippen molar-refractivity contribution in [3.8, 4) is 0 Å². The van der Waals surface area contributed by atoms with Gasteiger partial charge in [0.05, 0.1) is 10.6 Å². The van der Waals surface area contributed by atoms with Gasteiger partial charge in [-0.3, -0.25) is 14.7 Å². The molecule has 1 aromatic heterocycles. The number of nitrogens with one attached hydrogen (secondary N) is 2. The van der Waals surface area contributed by atoms with Crippen LogP contribution in [0, 0.1) is 11.6 Å². The molecule has 0 bridgehead atoms. The molecule has 1 aliphatic carbocycles. The molecule has 0 aliphatic heterocycles. The van der Waals surface area contributed by atoms with E-state index >= 15 is 0 Å². The molecule has 0 atom stereocenters. The molecule has 0 spiro atoms. The van der Waals surface area contributed by atoms with Crippen LogP contribution in [0.3, 0.4) is 0 Å². The molecule has 1 aliphatic rings. The number of carbonyl (C=O) groups excluding carboxylic acids is 2. The van der Waals surface area contributed by atoms with Crippen molar-refractivity contribution in [3.63, 3.8) is 0 Å². The molecule has 0 unspecified atom stereocenters. The Bertz CT molecular complexity index is 912. The van der Waals surface area contributed by atoms with Gasteiger partial charge in [0.1, 0.15) is 5.82 Å². The van der Waals surface area contributed by atoms with Crippen molar-refractivity contribution in [1.29, 1.82) is 0 Å². The van der Waals surface area contributed by atoms with Crippen LogP contribution in [-0.2, 0) is 0 Å². The van der Waals surface area contributed by atoms with Crippen LogP contribution in [0.1, 0.15) is 72.7 Å². The number of benzene rings is 1. The van der Waals surface area contributed by atoms with Crippen LogP contribution in [0.25, 0.3) is 0 Å². The van der Waals surface area contributed by atoms with E-state index in [0.717, 1.165) is 50.7 Å². The topological polar surface area (TPSA) is 78.1 Å². The minimum Gasteiger partial charge on any atom is -0.334 e. The monoisotopic (exact) mass is 438 g/mol. The van der Waals surface area contributed by atoms with E-state index in [-0.39, 0.29) is 34.0 Å². The zero-order valence-electron chi connectivity index (χ0n) is 16.8. The number of halogens is 3. The molecule has 3 rings (SSSR count). The van der Waals surface area contributed by atoms with Gasteiger partial charge in [0.15, 0.2) is 17.3 Å². The third kappa shape index (κ3) is 5.16. The van der Waals surface area contributed by atoms with Crippen LogP contribution in [0.15, 0.2) is 18.2 Å². The second-order valence-electron chi connectivity index (χ2n) is 7.51. The van der Waals surface area contributed by atoms with E-state index in [4.69, 9.17) is 11.6 Å². The Morgan fingerprint density at radius 1 is 1.20 bits per heavy atom. The van der Waals surface area contributed by atoms with Crippen LogP contribution in [0.2, 0.25) is 5.02 Å². The maximum Gasteiger partial charge on any atom is 0.274 e. The highest BCUT2D eigenvalue weighted by molar-refractivity contribution is 6.34. The van der Waals surface area contributed by atoms with Crippen molar-refractivity contribution >= 4 is 29.2 Å². The Morgan fingerprint density at radius 3 is 2.60 bits per heavy atom. The minimum absolute atomic E-state index is 0.170. The summed E-state index contributed by atoms with van der Waals surface area (Å²) in [6.45, 7) is 2.74. The van der Waals surface area contributed by atoms with Crippen LogP contribution >= 0.6 is 11.6 Å². The Balaban J connectivity index is 1.73. The molecule has 1 fully saturated rings. The predicted octanol–water partition coefficient (Wildman–Crippen LogP) is 5.17. The first-order valence-electron chi connectivity index (χ1n) is 10.2. The second kappa shape index (κ2) is 10.0. The zero-order chi connectivity index (χ0) is 21.7. The van der Waals surface area contributed by atoms with Crippen molar-refractivity contribution in [2.24, 2.45) is 0 Å².